The molecule has 0 bridgehead atoms. The Bertz CT molecular complexity index is 720. The Morgan fingerprint density at radius 2 is 1.92 bits per heavy atom. The van der Waals surface area contributed by atoms with Crippen LogP contribution in [-0.2, 0) is 4.79 Å². The Balaban J connectivity index is 1.91. The van der Waals surface area contributed by atoms with Gasteiger partial charge in [-0.3, -0.25) is 4.79 Å². The average molecular weight is 343 g/mol. The number of carboxylic acids is 1. The van der Waals surface area contributed by atoms with E-state index in [0.717, 1.165) is 0 Å². The number of carbonyl (C=O) groups is 2. The standard InChI is InChI=1S/C18H21N3O4/c1-4-5-6-18(20-21-18)7-8-19-17(24)14-9-12(2)16(13(3)10-14)25-11-15(22)23/h1,9-10H,5-8,11H2,2-3H3,(H,19,24)(H,22,23). The number of amides is 1. The van der Waals surface area contributed by atoms with Gasteiger partial charge in [-0.1, -0.05) is 0 Å². The van der Waals surface area contributed by atoms with Crippen LogP contribution in [0, 0.1) is 26.2 Å². The first-order chi connectivity index (χ1) is 11.9. The van der Waals surface area contributed by atoms with Crippen molar-refractivity contribution in [2.75, 3.05) is 13.2 Å². The quantitative estimate of drug-likeness (QED) is 0.673. The van der Waals surface area contributed by atoms with Crippen LogP contribution in [0.15, 0.2) is 22.4 Å². The summed E-state index contributed by atoms with van der Waals surface area (Å²) in [4.78, 5) is 22.9. The zero-order chi connectivity index (χ0) is 18.4. The number of aliphatic carboxylic acids is 1. The maximum atomic E-state index is 12.3. The molecule has 1 aliphatic heterocycles. The number of ether oxygens (including phenoxy) is 1. The maximum Gasteiger partial charge on any atom is 0.341 e. The summed E-state index contributed by atoms with van der Waals surface area (Å²) in [6.07, 6.45) is 7.18. The fraction of sp³-hybridized carbons (Fsp3) is 0.444. The summed E-state index contributed by atoms with van der Waals surface area (Å²) in [7, 11) is 0. The van der Waals surface area contributed by atoms with E-state index in [1.54, 1.807) is 26.0 Å². The molecular formula is C18H21N3O4. The number of carboxylic acid groups (broad SMARTS) is 1. The Kier molecular flexibility index (Phi) is 5.75. The largest absolute Gasteiger partial charge is 0.481 e. The zero-order valence-electron chi connectivity index (χ0n) is 14.3. The fourth-order valence-electron chi connectivity index (χ4n) is 2.59. The van der Waals surface area contributed by atoms with E-state index in [1.807, 2.05) is 0 Å². The van der Waals surface area contributed by atoms with Gasteiger partial charge < -0.3 is 15.2 Å². The van der Waals surface area contributed by atoms with Crippen LogP contribution in [0.4, 0.5) is 0 Å². The average Bonchev–Trinajstić information content (AvgIpc) is 3.31. The van der Waals surface area contributed by atoms with E-state index in [2.05, 4.69) is 21.5 Å². The number of nitrogens with zero attached hydrogens (tertiary/aromatic N) is 2. The number of hydrogen-bond donors (Lipinski definition) is 2. The number of aryl methyl sites for hydroxylation is 2. The summed E-state index contributed by atoms with van der Waals surface area (Å²) in [5.74, 6) is 1.81. The molecule has 2 rings (SSSR count). The van der Waals surface area contributed by atoms with Gasteiger partial charge in [0.15, 0.2) is 12.3 Å². The second-order valence-electron chi connectivity index (χ2n) is 6.01. The molecule has 7 heteroatoms. The van der Waals surface area contributed by atoms with Crippen LogP contribution < -0.4 is 10.1 Å². The van der Waals surface area contributed by atoms with Crippen molar-refractivity contribution in [3.8, 4) is 18.1 Å². The minimum atomic E-state index is -1.05. The first kappa shape index (κ1) is 18.5. The van der Waals surface area contributed by atoms with Crippen molar-refractivity contribution >= 4 is 11.9 Å². The van der Waals surface area contributed by atoms with E-state index >= 15 is 0 Å². The highest BCUT2D eigenvalue weighted by Crippen LogP contribution is 2.36. The molecule has 132 valence electrons. The lowest BCUT2D eigenvalue weighted by Gasteiger charge is -2.14. The summed E-state index contributed by atoms with van der Waals surface area (Å²) in [5.41, 5.74) is 1.51. The number of terminal acetylenes is 1. The number of rotatable bonds is 9. The molecule has 0 saturated carbocycles. The SMILES string of the molecule is C#CCCC1(CCNC(=O)c2cc(C)c(OCC(=O)O)c(C)c2)N=N1. The van der Waals surface area contributed by atoms with Crippen molar-refractivity contribution in [2.45, 2.75) is 38.8 Å². The normalized spacial score (nSPS) is 13.8. The van der Waals surface area contributed by atoms with Crippen molar-refractivity contribution in [2.24, 2.45) is 10.2 Å². The van der Waals surface area contributed by atoms with Crippen LogP contribution in [0.2, 0.25) is 0 Å². The second kappa shape index (κ2) is 7.79. The lowest BCUT2D eigenvalue weighted by atomic mass is 10.0. The molecule has 25 heavy (non-hydrogen) atoms. The van der Waals surface area contributed by atoms with E-state index in [4.69, 9.17) is 16.3 Å². The number of nitrogens with one attached hydrogen (secondary N) is 1. The molecule has 1 aromatic rings. The van der Waals surface area contributed by atoms with Gasteiger partial charge in [-0.05, 0) is 37.1 Å². The van der Waals surface area contributed by atoms with Crippen molar-refractivity contribution in [3.05, 3.63) is 28.8 Å². The van der Waals surface area contributed by atoms with E-state index < -0.39 is 18.2 Å². The van der Waals surface area contributed by atoms with Gasteiger partial charge in [0.1, 0.15) is 5.75 Å². The van der Waals surface area contributed by atoms with Crippen molar-refractivity contribution in [1.29, 1.82) is 0 Å². The summed E-state index contributed by atoms with van der Waals surface area (Å²) in [6, 6.07) is 3.36. The summed E-state index contributed by atoms with van der Waals surface area (Å²) < 4.78 is 5.26. The molecule has 0 fully saturated rings. The molecule has 0 radical (unpaired) electrons. The van der Waals surface area contributed by atoms with Crippen LogP contribution in [0.25, 0.3) is 0 Å². The van der Waals surface area contributed by atoms with Crippen molar-refractivity contribution in [1.82, 2.24) is 5.32 Å². The molecular weight excluding hydrogens is 322 g/mol. The third-order valence-electron chi connectivity index (χ3n) is 3.93. The zero-order valence-corrected chi connectivity index (χ0v) is 14.3. The molecule has 0 aliphatic carbocycles. The topological polar surface area (TPSA) is 100 Å². The molecule has 7 nitrogen and oxygen atoms in total. The van der Waals surface area contributed by atoms with E-state index in [1.165, 1.54) is 0 Å². The maximum absolute atomic E-state index is 12.3. The highest BCUT2D eigenvalue weighted by Gasteiger charge is 2.38. The van der Waals surface area contributed by atoms with Gasteiger partial charge in [-0.15, -0.1) is 12.3 Å². The van der Waals surface area contributed by atoms with E-state index in [0.29, 0.717) is 48.2 Å². The second-order valence-corrected chi connectivity index (χ2v) is 6.01. The highest BCUT2D eigenvalue weighted by molar-refractivity contribution is 5.94. The molecule has 1 aliphatic rings. The van der Waals surface area contributed by atoms with Crippen LogP contribution in [0.5, 0.6) is 5.75 Å². The number of hydrogen-bond acceptors (Lipinski definition) is 5. The Hall–Kier alpha value is -2.88. The summed E-state index contributed by atoms with van der Waals surface area (Å²) in [6.45, 7) is 3.58. The molecule has 0 spiro atoms. The molecule has 1 heterocycles. The third-order valence-corrected chi connectivity index (χ3v) is 3.93. The predicted octanol–water partition coefficient (Wildman–Crippen LogP) is 2.46. The third kappa shape index (κ3) is 5.05. The van der Waals surface area contributed by atoms with Crippen molar-refractivity contribution < 1.29 is 19.4 Å². The van der Waals surface area contributed by atoms with Crippen LogP contribution >= 0.6 is 0 Å². The molecule has 2 N–H and O–H groups in total. The van der Waals surface area contributed by atoms with Gasteiger partial charge in [0.25, 0.3) is 5.91 Å². The smallest absolute Gasteiger partial charge is 0.341 e. The van der Waals surface area contributed by atoms with E-state index in [9.17, 15) is 9.59 Å². The summed E-state index contributed by atoms with van der Waals surface area (Å²) in [5, 5.41) is 19.6. The van der Waals surface area contributed by atoms with Crippen LogP contribution in [0.3, 0.4) is 0 Å². The highest BCUT2D eigenvalue weighted by atomic mass is 16.5. The predicted molar refractivity (Wildman–Crippen MR) is 91.7 cm³/mol. The lowest BCUT2D eigenvalue weighted by molar-refractivity contribution is -0.139. The first-order valence-corrected chi connectivity index (χ1v) is 7.98. The van der Waals surface area contributed by atoms with Gasteiger partial charge in [-0.25, -0.2) is 4.79 Å². The lowest BCUT2D eigenvalue weighted by Crippen LogP contribution is -2.28. The van der Waals surface area contributed by atoms with Gasteiger partial charge >= 0.3 is 5.97 Å². The minimum Gasteiger partial charge on any atom is -0.481 e. The van der Waals surface area contributed by atoms with Crippen LogP contribution in [-0.4, -0.2) is 35.8 Å². The monoisotopic (exact) mass is 343 g/mol. The fourth-order valence-corrected chi connectivity index (χ4v) is 2.59. The number of carbonyl (C=O) groups excluding carboxylic acids is 1. The van der Waals surface area contributed by atoms with Gasteiger partial charge in [0.2, 0.25) is 0 Å². The molecule has 0 unspecified atom stereocenters. The van der Waals surface area contributed by atoms with Gasteiger partial charge in [0.05, 0.1) is 0 Å². The first-order valence-electron chi connectivity index (χ1n) is 7.98. The Morgan fingerprint density at radius 1 is 1.28 bits per heavy atom. The molecule has 1 aromatic carbocycles. The van der Waals surface area contributed by atoms with Gasteiger partial charge in [0, 0.05) is 31.4 Å². The Labute approximate surface area is 146 Å². The molecule has 0 atom stereocenters. The van der Waals surface area contributed by atoms with Gasteiger partial charge in [-0.2, -0.15) is 10.2 Å². The summed E-state index contributed by atoms with van der Waals surface area (Å²) >= 11 is 0. The van der Waals surface area contributed by atoms with E-state index in [-0.39, 0.29) is 5.91 Å². The molecule has 0 aromatic heterocycles. The molecule has 0 saturated heterocycles. The minimum absolute atomic E-state index is 0.205. The van der Waals surface area contributed by atoms with Crippen LogP contribution in [0.1, 0.15) is 40.7 Å². The van der Waals surface area contributed by atoms with Crippen molar-refractivity contribution in [3.63, 3.8) is 0 Å². The number of benzene rings is 1. The Morgan fingerprint density at radius 3 is 2.44 bits per heavy atom. The molecule has 1 amide bonds.